The largest absolute Gasteiger partial charge is 0.341 e. The zero-order valence-electron chi connectivity index (χ0n) is 15.8. The molecule has 0 unspecified atom stereocenters. The van der Waals surface area contributed by atoms with Crippen LogP contribution in [0.5, 0.6) is 0 Å². The minimum absolute atomic E-state index is 0.0525. The first-order chi connectivity index (χ1) is 13.4. The summed E-state index contributed by atoms with van der Waals surface area (Å²) in [5.41, 5.74) is 3.08. The van der Waals surface area contributed by atoms with Gasteiger partial charge in [-0.25, -0.2) is 9.78 Å². The number of thioether (sulfide) groups is 1. The second-order valence-corrected chi connectivity index (χ2v) is 7.13. The van der Waals surface area contributed by atoms with Crippen LogP contribution < -0.4 is 16.2 Å². The van der Waals surface area contributed by atoms with Crippen molar-refractivity contribution >= 4 is 34.6 Å². The minimum atomic E-state index is -0.580. The van der Waals surface area contributed by atoms with E-state index in [1.54, 1.807) is 18.2 Å². The van der Waals surface area contributed by atoms with E-state index in [4.69, 9.17) is 0 Å². The highest BCUT2D eigenvalue weighted by Crippen LogP contribution is 2.24. The lowest BCUT2D eigenvalue weighted by atomic mass is 10.1. The Hall–Kier alpha value is -3.13. The van der Waals surface area contributed by atoms with Crippen molar-refractivity contribution in [3.63, 3.8) is 0 Å². The van der Waals surface area contributed by atoms with Gasteiger partial charge in [-0.2, -0.15) is 0 Å². The number of hydrogen-bond donors (Lipinski definition) is 2. The van der Waals surface area contributed by atoms with Gasteiger partial charge in [0.15, 0.2) is 5.16 Å². The van der Waals surface area contributed by atoms with Crippen molar-refractivity contribution in [3.8, 4) is 5.69 Å². The van der Waals surface area contributed by atoms with Gasteiger partial charge in [-0.1, -0.05) is 36.0 Å². The second-order valence-electron chi connectivity index (χ2n) is 6.19. The molecule has 0 atom stereocenters. The van der Waals surface area contributed by atoms with Gasteiger partial charge in [0.05, 0.1) is 22.3 Å². The van der Waals surface area contributed by atoms with Gasteiger partial charge in [0, 0.05) is 7.05 Å². The molecule has 144 valence electrons. The summed E-state index contributed by atoms with van der Waals surface area (Å²) in [7, 11) is 1.43. The van der Waals surface area contributed by atoms with E-state index in [2.05, 4.69) is 15.6 Å². The van der Waals surface area contributed by atoms with E-state index in [1.807, 2.05) is 38.1 Å². The molecular weight excluding hydrogens is 376 g/mol. The minimum Gasteiger partial charge on any atom is -0.341 e. The van der Waals surface area contributed by atoms with E-state index < -0.39 is 11.9 Å². The van der Waals surface area contributed by atoms with Crippen LogP contribution in [0.2, 0.25) is 0 Å². The third kappa shape index (κ3) is 3.91. The Morgan fingerprint density at radius 1 is 1.11 bits per heavy atom. The lowest BCUT2D eigenvalue weighted by Gasteiger charge is -2.16. The maximum absolute atomic E-state index is 13.2. The van der Waals surface area contributed by atoms with E-state index in [9.17, 15) is 14.4 Å². The van der Waals surface area contributed by atoms with E-state index in [0.29, 0.717) is 16.1 Å². The molecule has 8 heteroatoms. The van der Waals surface area contributed by atoms with E-state index in [0.717, 1.165) is 28.6 Å². The summed E-state index contributed by atoms with van der Waals surface area (Å²) in [6, 6.07) is 12.2. The molecule has 0 saturated carbocycles. The fraction of sp³-hybridized carbons (Fsp3) is 0.200. The Morgan fingerprint density at radius 2 is 1.86 bits per heavy atom. The van der Waals surface area contributed by atoms with E-state index >= 15 is 0 Å². The molecule has 1 heterocycles. The van der Waals surface area contributed by atoms with Gasteiger partial charge < -0.3 is 5.32 Å². The number of benzene rings is 2. The quantitative estimate of drug-likeness (QED) is 0.522. The summed E-state index contributed by atoms with van der Waals surface area (Å²) in [6.07, 6.45) is 0. The number of nitrogens with zero attached hydrogens (tertiary/aromatic N) is 2. The first kappa shape index (κ1) is 19.6. The molecule has 0 saturated heterocycles. The first-order valence-corrected chi connectivity index (χ1v) is 9.63. The molecule has 0 spiro atoms. The highest BCUT2D eigenvalue weighted by Gasteiger charge is 2.17. The zero-order chi connectivity index (χ0) is 20.3. The highest BCUT2D eigenvalue weighted by molar-refractivity contribution is 7.99. The molecule has 0 bridgehead atoms. The van der Waals surface area contributed by atoms with Crippen LogP contribution in [0, 0.1) is 13.8 Å². The molecule has 2 aromatic carbocycles. The average Bonchev–Trinajstić information content (AvgIpc) is 2.69. The third-order valence-corrected chi connectivity index (χ3v) is 5.31. The van der Waals surface area contributed by atoms with Gasteiger partial charge in [-0.15, -0.1) is 0 Å². The molecule has 0 aliphatic rings. The Morgan fingerprint density at radius 3 is 2.61 bits per heavy atom. The maximum Gasteiger partial charge on any atom is 0.321 e. The van der Waals surface area contributed by atoms with Crippen molar-refractivity contribution in [3.05, 3.63) is 63.9 Å². The molecule has 0 fully saturated rings. The summed E-state index contributed by atoms with van der Waals surface area (Å²) in [6.45, 7) is 3.92. The third-order valence-electron chi connectivity index (χ3n) is 4.37. The van der Waals surface area contributed by atoms with Gasteiger partial charge >= 0.3 is 6.03 Å². The lowest BCUT2D eigenvalue weighted by Crippen LogP contribution is -2.38. The molecular formula is C20H20N4O3S. The van der Waals surface area contributed by atoms with Crippen LogP contribution in [-0.4, -0.2) is 34.3 Å². The normalized spacial score (nSPS) is 10.7. The molecule has 2 N–H and O–H groups in total. The Kier molecular flexibility index (Phi) is 5.79. The lowest BCUT2D eigenvalue weighted by molar-refractivity contribution is -0.117. The van der Waals surface area contributed by atoms with Gasteiger partial charge in [0.2, 0.25) is 5.91 Å². The number of fused-ring (bicyclic) bond motifs is 1. The van der Waals surface area contributed by atoms with Gasteiger partial charge in [-0.3, -0.25) is 19.5 Å². The summed E-state index contributed by atoms with van der Waals surface area (Å²) in [5, 5.41) is 5.43. The van der Waals surface area contributed by atoms with Crippen LogP contribution in [0.3, 0.4) is 0 Å². The summed E-state index contributed by atoms with van der Waals surface area (Å²) in [5.74, 6) is -0.525. The van der Waals surface area contributed by atoms with Crippen LogP contribution in [0.25, 0.3) is 16.6 Å². The van der Waals surface area contributed by atoms with Crippen molar-refractivity contribution in [1.29, 1.82) is 0 Å². The number of para-hydroxylation sites is 1. The number of aryl methyl sites for hydroxylation is 1. The Bertz CT molecular complexity index is 1120. The predicted molar refractivity (Wildman–Crippen MR) is 110 cm³/mol. The van der Waals surface area contributed by atoms with Gasteiger partial charge in [0.1, 0.15) is 0 Å². The Labute approximate surface area is 166 Å². The smallest absolute Gasteiger partial charge is 0.321 e. The molecule has 1 aromatic heterocycles. The SMILES string of the molecule is CNC(=O)NC(=O)CSc1nc2ccccc2c(=O)n1-c1cccc(C)c1C. The van der Waals surface area contributed by atoms with Crippen LogP contribution in [0.1, 0.15) is 11.1 Å². The number of imide groups is 1. The number of urea groups is 1. The topological polar surface area (TPSA) is 93.1 Å². The van der Waals surface area contributed by atoms with Gasteiger partial charge in [0.25, 0.3) is 5.56 Å². The predicted octanol–water partition coefficient (Wildman–Crippen LogP) is 2.55. The monoisotopic (exact) mass is 396 g/mol. The average molecular weight is 396 g/mol. The van der Waals surface area contributed by atoms with Gasteiger partial charge in [-0.05, 0) is 43.2 Å². The van der Waals surface area contributed by atoms with Crippen molar-refractivity contribution in [2.24, 2.45) is 0 Å². The van der Waals surface area contributed by atoms with Crippen LogP contribution >= 0.6 is 11.8 Å². The molecule has 7 nitrogen and oxygen atoms in total. The summed E-state index contributed by atoms with van der Waals surface area (Å²) < 4.78 is 1.53. The fourth-order valence-corrected chi connectivity index (χ4v) is 3.56. The van der Waals surface area contributed by atoms with Crippen LogP contribution in [0.15, 0.2) is 52.4 Å². The molecule has 3 amide bonds. The van der Waals surface area contributed by atoms with Crippen molar-refractivity contribution < 1.29 is 9.59 Å². The summed E-state index contributed by atoms with van der Waals surface area (Å²) >= 11 is 1.11. The van der Waals surface area contributed by atoms with Crippen molar-refractivity contribution in [2.75, 3.05) is 12.8 Å². The fourth-order valence-electron chi connectivity index (χ4n) is 2.75. The number of carbonyl (C=O) groups is 2. The molecule has 0 radical (unpaired) electrons. The second kappa shape index (κ2) is 8.26. The first-order valence-electron chi connectivity index (χ1n) is 8.65. The standard InChI is InChI=1S/C20H20N4O3S/c1-12-7-6-10-16(13(12)2)24-18(26)14-8-4-5-9-15(14)22-20(24)28-11-17(25)23-19(27)21-3/h4-10H,11H2,1-3H3,(H2,21,23,25,27). The Balaban J connectivity index is 2.10. The molecule has 0 aliphatic carbocycles. The van der Waals surface area contributed by atoms with Crippen molar-refractivity contribution in [1.82, 2.24) is 20.2 Å². The van der Waals surface area contributed by atoms with E-state index in [-0.39, 0.29) is 11.3 Å². The zero-order valence-corrected chi connectivity index (χ0v) is 16.6. The van der Waals surface area contributed by atoms with E-state index in [1.165, 1.54) is 11.6 Å². The molecule has 3 aromatic rings. The molecule has 28 heavy (non-hydrogen) atoms. The summed E-state index contributed by atoms with van der Waals surface area (Å²) in [4.78, 5) is 41.1. The number of carbonyl (C=O) groups excluding carboxylic acids is 2. The number of rotatable bonds is 4. The maximum atomic E-state index is 13.2. The highest BCUT2D eigenvalue weighted by atomic mass is 32.2. The van der Waals surface area contributed by atoms with Crippen molar-refractivity contribution in [2.45, 2.75) is 19.0 Å². The van der Waals surface area contributed by atoms with Crippen LogP contribution in [-0.2, 0) is 4.79 Å². The number of hydrogen-bond acceptors (Lipinski definition) is 5. The molecule has 3 rings (SSSR count). The number of amides is 3. The molecule has 0 aliphatic heterocycles. The van der Waals surface area contributed by atoms with Crippen LogP contribution in [0.4, 0.5) is 4.79 Å². The number of nitrogens with one attached hydrogen (secondary N) is 2. The number of aromatic nitrogens is 2.